The number of aryl methyl sites for hydroxylation is 2. The van der Waals surface area contributed by atoms with Crippen LogP contribution in [0.3, 0.4) is 0 Å². The maximum atomic E-state index is 12.6. The number of hydrogen-bond acceptors (Lipinski definition) is 5. The fraction of sp³-hybridized carbons (Fsp3) is 0.227. The molecule has 0 saturated carbocycles. The molecule has 1 atom stereocenters. The molecule has 2 amide bonds. The molecule has 2 N–H and O–H groups in total. The van der Waals surface area contributed by atoms with Crippen LogP contribution in [0.1, 0.15) is 35.0 Å². The number of anilines is 2. The van der Waals surface area contributed by atoms with Gasteiger partial charge in [0, 0.05) is 21.5 Å². The molecule has 3 rings (SSSR count). The van der Waals surface area contributed by atoms with Gasteiger partial charge in [-0.25, -0.2) is 4.98 Å². The summed E-state index contributed by atoms with van der Waals surface area (Å²) in [5, 5.41) is 8.09. The maximum Gasteiger partial charge on any atom is 0.255 e. The number of benzene rings is 2. The number of carbonyl (C=O) groups excluding carboxylic acids is 2. The van der Waals surface area contributed by atoms with E-state index in [0.717, 1.165) is 16.2 Å². The molecule has 0 aliphatic carbocycles. The Labute approximate surface area is 179 Å². The van der Waals surface area contributed by atoms with Crippen LogP contribution in [0.2, 0.25) is 0 Å². The van der Waals surface area contributed by atoms with Crippen molar-refractivity contribution in [3.05, 3.63) is 70.7 Å². The van der Waals surface area contributed by atoms with Gasteiger partial charge in [-0.15, -0.1) is 23.1 Å². The highest BCUT2D eigenvalue weighted by Crippen LogP contribution is 2.29. The summed E-state index contributed by atoms with van der Waals surface area (Å²) in [5.74, 6) is -0.221. The van der Waals surface area contributed by atoms with Crippen molar-refractivity contribution >= 4 is 45.7 Å². The predicted octanol–water partition coefficient (Wildman–Crippen LogP) is 5.52. The third-order valence-corrected chi connectivity index (χ3v) is 6.40. The molecule has 0 fully saturated rings. The summed E-state index contributed by atoms with van der Waals surface area (Å²) in [5.41, 5.74) is 3.25. The number of carbonyl (C=O) groups is 2. The molecule has 0 aliphatic rings. The van der Waals surface area contributed by atoms with E-state index in [0.29, 0.717) is 22.8 Å². The summed E-state index contributed by atoms with van der Waals surface area (Å²) in [6, 6.07) is 15.0. The first-order chi connectivity index (χ1) is 13.9. The van der Waals surface area contributed by atoms with Gasteiger partial charge in [0.1, 0.15) is 0 Å². The number of hydrogen-bond donors (Lipinski definition) is 2. The van der Waals surface area contributed by atoms with Crippen molar-refractivity contribution < 1.29 is 9.59 Å². The third kappa shape index (κ3) is 5.92. The molecule has 150 valence electrons. The average molecular weight is 426 g/mol. The van der Waals surface area contributed by atoms with E-state index in [-0.39, 0.29) is 17.1 Å². The smallest absolute Gasteiger partial charge is 0.255 e. The Morgan fingerprint density at radius 3 is 2.59 bits per heavy atom. The van der Waals surface area contributed by atoms with Gasteiger partial charge in [-0.3, -0.25) is 9.59 Å². The molecule has 0 aliphatic heterocycles. The summed E-state index contributed by atoms with van der Waals surface area (Å²) in [7, 11) is 0. The van der Waals surface area contributed by atoms with Crippen LogP contribution in [0.5, 0.6) is 0 Å². The minimum Gasteiger partial charge on any atom is -0.322 e. The molecule has 3 aromatic rings. The lowest BCUT2D eigenvalue weighted by molar-refractivity contribution is -0.115. The molecule has 2 aromatic carbocycles. The van der Waals surface area contributed by atoms with Crippen LogP contribution in [-0.2, 0) is 4.79 Å². The normalized spacial score (nSPS) is 11.7. The fourth-order valence-corrected chi connectivity index (χ4v) is 4.42. The number of rotatable bonds is 7. The lowest BCUT2D eigenvalue weighted by Gasteiger charge is -2.14. The van der Waals surface area contributed by atoms with Crippen LogP contribution < -0.4 is 10.6 Å². The van der Waals surface area contributed by atoms with Gasteiger partial charge in [0.25, 0.3) is 5.91 Å². The highest BCUT2D eigenvalue weighted by atomic mass is 32.2. The first-order valence-corrected chi connectivity index (χ1v) is 11.1. The van der Waals surface area contributed by atoms with Crippen LogP contribution in [-0.4, -0.2) is 22.0 Å². The second-order valence-electron chi connectivity index (χ2n) is 6.65. The van der Waals surface area contributed by atoms with E-state index in [1.165, 1.54) is 23.1 Å². The van der Waals surface area contributed by atoms with E-state index in [9.17, 15) is 9.59 Å². The van der Waals surface area contributed by atoms with Gasteiger partial charge in [0.05, 0.1) is 10.9 Å². The molecule has 1 heterocycles. The van der Waals surface area contributed by atoms with E-state index in [1.807, 2.05) is 68.6 Å². The Bertz CT molecular complexity index is 1020. The molecule has 0 spiro atoms. The van der Waals surface area contributed by atoms with Crippen molar-refractivity contribution in [1.82, 2.24) is 4.98 Å². The van der Waals surface area contributed by atoms with E-state index >= 15 is 0 Å². The van der Waals surface area contributed by atoms with Gasteiger partial charge in [-0.2, -0.15) is 0 Å². The average Bonchev–Trinajstić information content (AvgIpc) is 3.11. The molecule has 5 nitrogen and oxygen atoms in total. The summed E-state index contributed by atoms with van der Waals surface area (Å²) in [6.45, 7) is 5.83. The first-order valence-electron chi connectivity index (χ1n) is 9.32. The molecule has 0 bridgehead atoms. The summed E-state index contributed by atoms with van der Waals surface area (Å²) < 4.78 is 0. The van der Waals surface area contributed by atoms with Gasteiger partial charge >= 0.3 is 0 Å². The molecule has 29 heavy (non-hydrogen) atoms. The highest BCUT2D eigenvalue weighted by molar-refractivity contribution is 8.00. The molecule has 0 saturated heterocycles. The quantitative estimate of drug-likeness (QED) is 0.489. The third-order valence-electron chi connectivity index (χ3n) is 4.16. The largest absolute Gasteiger partial charge is 0.322 e. The topological polar surface area (TPSA) is 71.1 Å². The van der Waals surface area contributed by atoms with E-state index in [2.05, 4.69) is 15.6 Å². The van der Waals surface area contributed by atoms with Gasteiger partial charge in [0.2, 0.25) is 5.91 Å². The molecule has 1 unspecified atom stereocenters. The predicted molar refractivity (Wildman–Crippen MR) is 121 cm³/mol. The standard InChI is InChI=1S/C22H23N3O2S2/c1-4-19(21(27)25-22-23-15(3)13-28-22)29-18-10-6-9-17(12-18)24-20(26)16-8-5-7-14(2)11-16/h5-13,19H,4H2,1-3H3,(H,24,26)(H,23,25,27). The molecule has 0 radical (unpaired) electrons. The minimum absolute atomic E-state index is 0.0685. The van der Waals surface area contributed by atoms with Crippen LogP contribution in [0, 0.1) is 13.8 Å². The second kappa shape index (κ2) is 9.71. The van der Waals surface area contributed by atoms with Crippen molar-refractivity contribution in [3.8, 4) is 0 Å². The van der Waals surface area contributed by atoms with Crippen molar-refractivity contribution in [2.45, 2.75) is 37.3 Å². The Hall–Kier alpha value is -2.64. The number of nitrogens with zero attached hydrogens (tertiary/aromatic N) is 1. The Morgan fingerprint density at radius 2 is 1.90 bits per heavy atom. The molecular weight excluding hydrogens is 402 g/mol. The number of aromatic nitrogens is 1. The van der Waals surface area contributed by atoms with Gasteiger partial charge in [-0.05, 0) is 50.6 Å². The summed E-state index contributed by atoms with van der Waals surface area (Å²) >= 11 is 2.90. The SMILES string of the molecule is CCC(Sc1cccc(NC(=O)c2cccc(C)c2)c1)C(=O)Nc1nc(C)cs1. The van der Waals surface area contributed by atoms with E-state index in [1.54, 1.807) is 6.07 Å². The highest BCUT2D eigenvalue weighted by Gasteiger charge is 2.19. The zero-order chi connectivity index (χ0) is 20.8. The molecular formula is C22H23N3O2S2. The van der Waals surface area contributed by atoms with Crippen molar-refractivity contribution in [2.24, 2.45) is 0 Å². The Kier molecular flexibility index (Phi) is 7.06. The summed E-state index contributed by atoms with van der Waals surface area (Å²) in [4.78, 5) is 30.3. The maximum absolute atomic E-state index is 12.6. The van der Waals surface area contributed by atoms with Gasteiger partial charge in [-0.1, -0.05) is 30.7 Å². The number of amides is 2. The second-order valence-corrected chi connectivity index (χ2v) is 8.78. The van der Waals surface area contributed by atoms with Crippen molar-refractivity contribution in [2.75, 3.05) is 10.6 Å². The van der Waals surface area contributed by atoms with Crippen LogP contribution in [0.15, 0.2) is 58.8 Å². The van der Waals surface area contributed by atoms with Crippen molar-refractivity contribution in [3.63, 3.8) is 0 Å². The summed E-state index contributed by atoms with van der Waals surface area (Å²) in [6.07, 6.45) is 0.681. The zero-order valence-electron chi connectivity index (χ0n) is 16.6. The number of nitrogens with one attached hydrogen (secondary N) is 2. The molecule has 7 heteroatoms. The van der Waals surface area contributed by atoms with E-state index in [4.69, 9.17) is 0 Å². The lowest BCUT2D eigenvalue weighted by atomic mass is 10.1. The van der Waals surface area contributed by atoms with E-state index < -0.39 is 0 Å². The lowest BCUT2D eigenvalue weighted by Crippen LogP contribution is -2.24. The zero-order valence-corrected chi connectivity index (χ0v) is 18.2. The van der Waals surface area contributed by atoms with Gasteiger partial charge < -0.3 is 10.6 Å². The number of thiazole rings is 1. The van der Waals surface area contributed by atoms with Crippen molar-refractivity contribution in [1.29, 1.82) is 0 Å². The Balaban J connectivity index is 1.66. The minimum atomic E-state index is -0.248. The Morgan fingerprint density at radius 1 is 1.10 bits per heavy atom. The van der Waals surface area contributed by atoms with Crippen LogP contribution >= 0.6 is 23.1 Å². The van der Waals surface area contributed by atoms with Gasteiger partial charge in [0.15, 0.2) is 5.13 Å². The van der Waals surface area contributed by atoms with Crippen LogP contribution in [0.4, 0.5) is 10.8 Å². The number of thioether (sulfide) groups is 1. The fourth-order valence-electron chi connectivity index (χ4n) is 2.72. The molecule has 1 aromatic heterocycles. The monoisotopic (exact) mass is 425 g/mol. The van der Waals surface area contributed by atoms with Crippen LogP contribution in [0.25, 0.3) is 0 Å². The first kappa shape index (κ1) is 21.1.